The van der Waals surface area contributed by atoms with E-state index in [4.69, 9.17) is 9.47 Å². The molecule has 0 aliphatic heterocycles. The van der Waals surface area contributed by atoms with Crippen molar-refractivity contribution in [3.63, 3.8) is 0 Å². The lowest BCUT2D eigenvalue weighted by Gasteiger charge is -2.07. The van der Waals surface area contributed by atoms with Crippen LogP contribution < -0.4 is 4.74 Å². The van der Waals surface area contributed by atoms with Crippen molar-refractivity contribution < 1.29 is 28.7 Å². The molecule has 6 heteroatoms. The van der Waals surface area contributed by atoms with Crippen molar-refractivity contribution in [2.75, 3.05) is 0 Å². The van der Waals surface area contributed by atoms with Gasteiger partial charge in [0.15, 0.2) is 0 Å². The highest BCUT2D eigenvalue weighted by atomic mass is 16.6. The van der Waals surface area contributed by atoms with Crippen LogP contribution in [0.3, 0.4) is 0 Å². The van der Waals surface area contributed by atoms with Gasteiger partial charge in [0.1, 0.15) is 5.75 Å². The van der Waals surface area contributed by atoms with E-state index < -0.39 is 29.6 Å². The highest BCUT2D eigenvalue weighted by Gasteiger charge is 2.41. The van der Waals surface area contributed by atoms with Crippen LogP contribution in [0.4, 0.5) is 0 Å². The van der Waals surface area contributed by atoms with Crippen LogP contribution >= 0.6 is 0 Å². The number of ether oxygens (including phenoxy) is 2. The first-order valence-corrected chi connectivity index (χ1v) is 6.60. The summed E-state index contributed by atoms with van der Waals surface area (Å²) in [4.78, 5) is 46.7. The van der Waals surface area contributed by atoms with Crippen LogP contribution in [0, 0.1) is 0 Å². The van der Waals surface area contributed by atoms with E-state index in [0.717, 1.165) is 0 Å². The maximum atomic E-state index is 12.1. The first-order valence-electron chi connectivity index (χ1n) is 6.60. The van der Waals surface area contributed by atoms with E-state index in [1.54, 1.807) is 13.8 Å². The number of fused-ring (bicyclic) bond motifs is 1. The quantitative estimate of drug-likeness (QED) is 0.476. The maximum Gasteiger partial charge on any atom is 0.310 e. The summed E-state index contributed by atoms with van der Waals surface area (Å²) in [5, 5.41) is 0. The van der Waals surface area contributed by atoms with Crippen molar-refractivity contribution >= 4 is 23.5 Å². The number of hydrogen-bond donors (Lipinski definition) is 0. The number of Topliss-reactive ketones (excluding diaryl/α,β-unsaturated/α-hetero) is 2. The van der Waals surface area contributed by atoms with Crippen molar-refractivity contribution in [3.8, 4) is 5.75 Å². The molecule has 1 aromatic carbocycles. The van der Waals surface area contributed by atoms with Gasteiger partial charge in [-0.1, -0.05) is 13.8 Å². The fourth-order valence-electron chi connectivity index (χ4n) is 1.93. The number of carbonyl (C=O) groups is 4. The van der Waals surface area contributed by atoms with Gasteiger partial charge in [-0.05, 0) is 18.2 Å². The van der Waals surface area contributed by atoms with Gasteiger partial charge in [0.2, 0.25) is 17.7 Å². The molecule has 6 nitrogen and oxygen atoms in total. The van der Waals surface area contributed by atoms with Gasteiger partial charge in [0.25, 0.3) is 0 Å². The standard InChI is InChI=1S/C15H14O6/c1-3-11(16)20-8-5-6-9-10(7-8)14(19)15(13(9)18)21-12(17)4-2/h5-7,15H,3-4H2,1-2H3. The van der Waals surface area contributed by atoms with Crippen LogP contribution in [0.2, 0.25) is 0 Å². The van der Waals surface area contributed by atoms with Gasteiger partial charge in [-0.25, -0.2) is 0 Å². The minimum Gasteiger partial charge on any atom is -0.445 e. The van der Waals surface area contributed by atoms with E-state index in [2.05, 4.69) is 0 Å². The minimum atomic E-state index is -1.43. The second-order valence-electron chi connectivity index (χ2n) is 4.49. The molecule has 110 valence electrons. The van der Waals surface area contributed by atoms with Gasteiger partial charge in [-0.15, -0.1) is 0 Å². The highest BCUT2D eigenvalue weighted by molar-refractivity contribution is 6.29. The van der Waals surface area contributed by atoms with Gasteiger partial charge in [-0.2, -0.15) is 0 Å². The van der Waals surface area contributed by atoms with E-state index in [0.29, 0.717) is 0 Å². The van der Waals surface area contributed by atoms with Crippen LogP contribution in [0.15, 0.2) is 18.2 Å². The smallest absolute Gasteiger partial charge is 0.310 e. The number of carbonyl (C=O) groups excluding carboxylic acids is 4. The fraction of sp³-hybridized carbons (Fsp3) is 0.333. The van der Waals surface area contributed by atoms with Gasteiger partial charge in [0.05, 0.1) is 0 Å². The van der Waals surface area contributed by atoms with Gasteiger partial charge in [-0.3, -0.25) is 19.2 Å². The third-order valence-corrected chi connectivity index (χ3v) is 3.06. The Morgan fingerprint density at radius 1 is 1.00 bits per heavy atom. The molecule has 0 spiro atoms. The summed E-state index contributed by atoms with van der Waals surface area (Å²) < 4.78 is 9.86. The number of rotatable bonds is 4. The first-order chi connectivity index (χ1) is 9.97. The lowest BCUT2D eigenvalue weighted by molar-refractivity contribution is -0.144. The average molecular weight is 290 g/mol. The SMILES string of the molecule is CCC(=O)Oc1ccc2c(c1)C(=O)C(OC(=O)CC)C2=O. The number of hydrogen-bond acceptors (Lipinski definition) is 6. The Kier molecular flexibility index (Phi) is 4.16. The van der Waals surface area contributed by atoms with Crippen LogP contribution in [0.5, 0.6) is 5.75 Å². The van der Waals surface area contributed by atoms with Crippen molar-refractivity contribution in [1.29, 1.82) is 0 Å². The van der Waals surface area contributed by atoms with Crippen molar-refractivity contribution in [3.05, 3.63) is 29.3 Å². The van der Waals surface area contributed by atoms with Gasteiger partial charge >= 0.3 is 11.9 Å². The van der Waals surface area contributed by atoms with E-state index in [9.17, 15) is 19.2 Å². The molecule has 2 rings (SSSR count). The molecule has 1 aromatic rings. The normalized spacial score (nSPS) is 16.6. The molecule has 1 aliphatic rings. The van der Waals surface area contributed by atoms with Crippen molar-refractivity contribution in [2.45, 2.75) is 32.8 Å². The second kappa shape index (κ2) is 5.87. The van der Waals surface area contributed by atoms with Gasteiger partial charge in [0, 0.05) is 24.0 Å². The summed E-state index contributed by atoms with van der Waals surface area (Å²) >= 11 is 0. The summed E-state index contributed by atoms with van der Waals surface area (Å²) in [5.74, 6) is -2.02. The van der Waals surface area contributed by atoms with Crippen molar-refractivity contribution in [2.24, 2.45) is 0 Å². The number of benzene rings is 1. The van der Waals surface area contributed by atoms with Crippen molar-refractivity contribution in [1.82, 2.24) is 0 Å². The second-order valence-corrected chi connectivity index (χ2v) is 4.49. The molecule has 0 saturated carbocycles. The highest BCUT2D eigenvalue weighted by Crippen LogP contribution is 2.28. The zero-order chi connectivity index (χ0) is 15.6. The van der Waals surface area contributed by atoms with Crippen LogP contribution in [0.1, 0.15) is 47.4 Å². The van der Waals surface area contributed by atoms with Crippen LogP contribution in [-0.2, 0) is 14.3 Å². The lowest BCUT2D eigenvalue weighted by atomic mass is 10.1. The van der Waals surface area contributed by atoms with E-state index in [1.807, 2.05) is 0 Å². The third kappa shape index (κ3) is 2.84. The molecule has 0 heterocycles. The average Bonchev–Trinajstić information content (AvgIpc) is 2.71. The largest absolute Gasteiger partial charge is 0.445 e. The summed E-state index contributed by atoms with van der Waals surface area (Å²) in [6.07, 6.45) is -1.16. The molecule has 0 fully saturated rings. The molecular weight excluding hydrogens is 276 g/mol. The summed E-state index contributed by atoms with van der Waals surface area (Å²) in [7, 11) is 0. The fourth-order valence-corrected chi connectivity index (χ4v) is 1.93. The Balaban J connectivity index is 2.27. The molecule has 0 radical (unpaired) electrons. The van der Waals surface area contributed by atoms with Gasteiger partial charge < -0.3 is 9.47 Å². The first kappa shape index (κ1) is 14.9. The third-order valence-electron chi connectivity index (χ3n) is 3.06. The monoisotopic (exact) mass is 290 g/mol. The number of esters is 2. The molecule has 1 atom stereocenters. The predicted molar refractivity (Wildman–Crippen MR) is 71.2 cm³/mol. The van der Waals surface area contributed by atoms with E-state index >= 15 is 0 Å². The molecule has 0 saturated heterocycles. The molecule has 1 aliphatic carbocycles. The molecular formula is C15H14O6. The molecule has 0 bridgehead atoms. The Morgan fingerprint density at radius 3 is 2.24 bits per heavy atom. The maximum absolute atomic E-state index is 12.1. The molecule has 0 N–H and O–H groups in total. The molecule has 21 heavy (non-hydrogen) atoms. The lowest BCUT2D eigenvalue weighted by Crippen LogP contribution is -2.28. The molecule has 0 amide bonds. The molecule has 1 unspecified atom stereocenters. The molecule has 0 aromatic heterocycles. The summed E-state index contributed by atoms with van der Waals surface area (Å²) in [6.45, 7) is 3.21. The minimum absolute atomic E-state index is 0.0762. The zero-order valence-electron chi connectivity index (χ0n) is 11.7. The van der Waals surface area contributed by atoms with Crippen LogP contribution in [-0.4, -0.2) is 29.6 Å². The predicted octanol–water partition coefficient (Wildman–Crippen LogP) is 1.70. The number of ketones is 2. The summed E-state index contributed by atoms with van der Waals surface area (Å²) in [5.41, 5.74) is 0.278. The Bertz CT molecular complexity index is 631. The zero-order valence-corrected chi connectivity index (χ0v) is 11.7. The Labute approximate surface area is 121 Å². The summed E-state index contributed by atoms with van der Waals surface area (Å²) in [6, 6.07) is 4.15. The van der Waals surface area contributed by atoms with E-state index in [1.165, 1.54) is 18.2 Å². The Morgan fingerprint density at radius 2 is 1.62 bits per heavy atom. The van der Waals surface area contributed by atoms with Crippen LogP contribution in [0.25, 0.3) is 0 Å². The van der Waals surface area contributed by atoms with E-state index in [-0.39, 0.29) is 29.7 Å². The topological polar surface area (TPSA) is 86.7 Å². The Hall–Kier alpha value is -2.50.